The molecule has 0 spiro atoms. The van der Waals surface area contributed by atoms with Crippen LogP contribution in [0.3, 0.4) is 0 Å². The summed E-state index contributed by atoms with van der Waals surface area (Å²) >= 11 is 0. The Morgan fingerprint density at radius 2 is 2.12 bits per heavy atom. The van der Waals surface area contributed by atoms with Crippen molar-refractivity contribution in [2.24, 2.45) is 0 Å². The van der Waals surface area contributed by atoms with Crippen LogP contribution in [0.25, 0.3) is 21.7 Å². The van der Waals surface area contributed by atoms with Gasteiger partial charge in [0.25, 0.3) is 0 Å². The van der Waals surface area contributed by atoms with E-state index < -0.39 is 0 Å². The van der Waals surface area contributed by atoms with Gasteiger partial charge in [0.2, 0.25) is 0 Å². The molecule has 0 atom stereocenters. The molecule has 0 aliphatic heterocycles. The first-order chi connectivity index (χ1) is 3.97. The Morgan fingerprint density at radius 3 is 2.75 bits per heavy atom. The van der Waals surface area contributed by atoms with Crippen molar-refractivity contribution in [3.05, 3.63) is 18.3 Å². The van der Waals surface area contributed by atoms with Gasteiger partial charge in [0.15, 0.2) is 0 Å². The van der Waals surface area contributed by atoms with Gasteiger partial charge >= 0.3 is 0 Å². The Labute approximate surface area is 46.0 Å². The highest BCUT2D eigenvalue weighted by Crippen LogP contribution is 2.40. The predicted molar refractivity (Wildman–Crippen MR) is 32.8 cm³/mol. The van der Waals surface area contributed by atoms with Gasteiger partial charge in [0.1, 0.15) is 0 Å². The molecule has 3 rings (SSSR count). The molecule has 0 aliphatic rings. The quantitative estimate of drug-likeness (QED) is 0.420. The van der Waals surface area contributed by atoms with Crippen LogP contribution in [-0.4, -0.2) is 4.98 Å². The zero-order chi connectivity index (χ0) is 5.14. The summed E-state index contributed by atoms with van der Waals surface area (Å²) in [5.41, 5.74) is 1.18. The van der Waals surface area contributed by atoms with Gasteiger partial charge in [-0.05, 0) is 11.5 Å². The lowest BCUT2D eigenvalue weighted by atomic mass is 10.5. The normalized spacial score (nSPS) is 13.0. The molecule has 0 unspecified atom stereocenters. The van der Waals surface area contributed by atoms with Gasteiger partial charge in [-0.1, -0.05) is 6.07 Å². The molecule has 0 saturated heterocycles. The van der Waals surface area contributed by atoms with Crippen molar-refractivity contribution in [3.8, 4) is 0 Å². The number of benzene rings is 1. The average Bonchev–Trinajstić information content (AvgIpc) is 2.11. The summed E-state index contributed by atoms with van der Waals surface area (Å²) < 4.78 is 0. The molecular weight excluding hydrogens is 98.1 g/mol. The van der Waals surface area contributed by atoms with Crippen LogP contribution in [0.2, 0.25) is 0 Å². The van der Waals surface area contributed by atoms with Crippen molar-refractivity contribution in [3.63, 3.8) is 0 Å². The molecule has 1 heterocycles. The van der Waals surface area contributed by atoms with Crippen molar-refractivity contribution in [2.45, 2.75) is 0 Å². The summed E-state index contributed by atoms with van der Waals surface area (Å²) in [5, 5.41) is 4.21. The van der Waals surface area contributed by atoms with Crippen LogP contribution in [0.15, 0.2) is 18.3 Å². The molecule has 1 nitrogen and oxygen atoms in total. The van der Waals surface area contributed by atoms with Crippen molar-refractivity contribution in [1.29, 1.82) is 0 Å². The number of aromatic nitrogens is 1. The summed E-state index contributed by atoms with van der Waals surface area (Å²) in [4.78, 5) is 4.14. The molecule has 0 N–H and O–H groups in total. The van der Waals surface area contributed by atoms with E-state index in [0.29, 0.717) is 0 Å². The average molecular weight is 101 g/mol. The van der Waals surface area contributed by atoms with Crippen LogP contribution >= 0.6 is 0 Å². The SMILES string of the molecule is c1cc2c3cnc1c23. The second-order valence-electron chi connectivity index (χ2n) is 2.18. The number of pyridine rings is 1. The van der Waals surface area contributed by atoms with Crippen LogP contribution in [0.1, 0.15) is 0 Å². The molecular formula is C7H3N. The fraction of sp³-hybridized carbons (Fsp3) is 0. The third-order valence-corrected chi connectivity index (χ3v) is 1.76. The monoisotopic (exact) mass is 101 g/mol. The van der Waals surface area contributed by atoms with Gasteiger partial charge < -0.3 is 0 Å². The molecule has 1 heteroatoms. The smallest absolute Gasteiger partial charge is 0.0715 e. The zero-order valence-corrected chi connectivity index (χ0v) is 4.18. The van der Waals surface area contributed by atoms with Gasteiger partial charge in [0, 0.05) is 17.0 Å². The molecule has 8 heavy (non-hydrogen) atoms. The standard InChI is InChI=1S/C7H3N/c1-2-6-7-4(1)5(7)3-8-6/h1-3H. The van der Waals surface area contributed by atoms with Gasteiger partial charge in [-0.15, -0.1) is 0 Å². The Hall–Kier alpha value is -1.11. The fourth-order valence-corrected chi connectivity index (χ4v) is 1.29. The van der Waals surface area contributed by atoms with E-state index in [1.807, 2.05) is 6.20 Å². The molecule has 0 fully saturated rings. The van der Waals surface area contributed by atoms with Crippen LogP contribution in [-0.2, 0) is 0 Å². The summed E-state index contributed by atoms with van der Waals surface area (Å²) in [7, 11) is 0. The Morgan fingerprint density at radius 1 is 1.12 bits per heavy atom. The Kier molecular flexibility index (Phi) is 0.240. The lowest BCUT2D eigenvalue weighted by Gasteiger charge is -1.62. The van der Waals surface area contributed by atoms with E-state index in [0.717, 1.165) is 0 Å². The van der Waals surface area contributed by atoms with Crippen molar-refractivity contribution >= 4 is 21.7 Å². The Balaban J connectivity index is 3.02. The first-order valence-electron chi connectivity index (χ1n) is 2.68. The van der Waals surface area contributed by atoms with E-state index in [1.165, 1.54) is 21.7 Å². The highest BCUT2D eigenvalue weighted by molar-refractivity contribution is 6.33. The minimum atomic E-state index is 1.18. The second-order valence-corrected chi connectivity index (χ2v) is 2.18. The molecule has 0 saturated carbocycles. The molecule has 2 aromatic carbocycles. The van der Waals surface area contributed by atoms with Crippen LogP contribution in [0.5, 0.6) is 0 Å². The number of nitrogens with zero attached hydrogens (tertiary/aromatic N) is 1. The van der Waals surface area contributed by atoms with Crippen molar-refractivity contribution in [2.75, 3.05) is 0 Å². The molecule has 0 bridgehead atoms. The molecule has 0 amide bonds. The van der Waals surface area contributed by atoms with Crippen molar-refractivity contribution in [1.82, 2.24) is 4.98 Å². The van der Waals surface area contributed by atoms with Gasteiger partial charge in [0.05, 0.1) is 5.52 Å². The molecule has 1 aromatic heterocycles. The number of hydrogen-bond donors (Lipinski definition) is 0. The lowest BCUT2D eigenvalue weighted by molar-refractivity contribution is 1.50. The largest absolute Gasteiger partial charge is 0.256 e. The minimum Gasteiger partial charge on any atom is -0.256 e. The number of rotatable bonds is 0. The second kappa shape index (κ2) is 0.635. The fourth-order valence-electron chi connectivity index (χ4n) is 1.29. The highest BCUT2D eigenvalue weighted by Gasteiger charge is 2.16. The van der Waals surface area contributed by atoms with E-state index in [-0.39, 0.29) is 0 Å². The first-order valence-corrected chi connectivity index (χ1v) is 2.68. The highest BCUT2D eigenvalue weighted by atomic mass is 14.7. The van der Waals surface area contributed by atoms with Crippen molar-refractivity contribution < 1.29 is 0 Å². The van der Waals surface area contributed by atoms with Gasteiger partial charge in [-0.25, -0.2) is 0 Å². The molecule has 3 aromatic rings. The maximum absolute atomic E-state index is 4.14. The summed E-state index contributed by atoms with van der Waals surface area (Å²) in [5.74, 6) is 0. The minimum absolute atomic E-state index is 1.18. The summed E-state index contributed by atoms with van der Waals surface area (Å²) in [6.07, 6.45) is 1.94. The zero-order valence-electron chi connectivity index (χ0n) is 4.18. The third kappa shape index (κ3) is 0.141. The molecule has 0 aliphatic carbocycles. The van der Waals surface area contributed by atoms with Crippen LogP contribution in [0, 0.1) is 0 Å². The lowest BCUT2D eigenvalue weighted by Crippen LogP contribution is -1.50. The third-order valence-electron chi connectivity index (χ3n) is 1.76. The van der Waals surface area contributed by atoms with Gasteiger partial charge in [-0.2, -0.15) is 0 Å². The summed E-state index contributed by atoms with van der Waals surface area (Å²) in [6, 6.07) is 4.20. The van der Waals surface area contributed by atoms with E-state index >= 15 is 0 Å². The maximum Gasteiger partial charge on any atom is 0.0715 e. The van der Waals surface area contributed by atoms with E-state index in [1.54, 1.807) is 0 Å². The predicted octanol–water partition coefficient (Wildman–Crippen LogP) is 1.70. The first kappa shape index (κ1) is 3.02. The Bertz CT molecular complexity index is 355. The number of fused-ring (bicyclic) bond motifs is 1. The van der Waals surface area contributed by atoms with Gasteiger partial charge in [-0.3, -0.25) is 4.98 Å². The molecule has 0 radical (unpaired) electrons. The van der Waals surface area contributed by atoms with E-state index in [2.05, 4.69) is 17.1 Å². The summed E-state index contributed by atoms with van der Waals surface area (Å²) in [6.45, 7) is 0. The maximum atomic E-state index is 4.14. The van der Waals surface area contributed by atoms with E-state index in [9.17, 15) is 0 Å². The van der Waals surface area contributed by atoms with Crippen LogP contribution in [0.4, 0.5) is 0 Å². The topological polar surface area (TPSA) is 12.9 Å². The molecule has 36 valence electrons. The number of hydrogen-bond acceptors (Lipinski definition) is 1. The van der Waals surface area contributed by atoms with Crippen LogP contribution < -0.4 is 0 Å². The van der Waals surface area contributed by atoms with E-state index in [4.69, 9.17) is 0 Å².